The highest BCUT2D eigenvalue weighted by molar-refractivity contribution is 7.99. The van der Waals surface area contributed by atoms with Gasteiger partial charge < -0.3 is 14.9 Å². The van der Waals surface area contributed by atoms with Gasteiger partial charge >= 0.3 is 0 Å². The van der Waals surface area contributed by atoms with Gasteiger partial charge in [0.05, 0.1) is 9.82 Å². The lowest BCUT2D eigenvalue weighted by atomic mass is 10.1. The maximum absolute atomic E-state index is 12.8. The van der Waals surface area contributed by atoms with Crippen molar-refractivity contribution in [2.75, 3.05) is 26.2 Å². The Balaban J connectivity index is 1.77. The molecule has 0 aromatic heterocycles. The molecule has 0 bridgehead atoms. The van der Waals surface area contributed by atoms with Crippen LogP contribution in [0.25, 0.3) is 5.57 Å². The zero-order valence-electron chi connectivity index (χ0n) is 16.4. The Morgan fingerprint density at radius 2 is 1.67 bits per heavy atom. The molecule has 0 spiro atoms. The maximum atomic E-state index is 12.8. The lowest BCUT2D eigenvalue weighted by molar-refractivity contribution is -0.387. The number of nitro benzene ring substituents is 1. The van der Waals surface area contributed by atoms with Gasteiger partial charge in [0.1, 0.15) is 5.75 Å². The van der Waals surface area contributed by atoms with E-state index >= 15 is 0 Å². The van der Waals surface area contributed by atoms with Gasteiger partial charge in [0.25, 0.3) is 11.6 Å². The average Bonchev–Trinajstić information content (AvgIpc) is 2.74. The number of amides is 2. The zero-order chi connectivity index (χ0) is 21.8. The van der Waals surface area contributed by atoms with Crippen LogP contribution < -0.4 is 0 Å². The van der Waals surface area contributed by atoms with Gasteiger partial charge in [-0.3, -0.25) is 19.7 Å². The molecule has 0 aliphatic carbocycles. The molecule has 156 valence electrons. The Morgan fingerprint density at radius 3 is 2.23 bits per heavy atom. The minimum absolute atomic E-state index is 0.0294. The number of benzene rings is 2. The van der Waals surface area contributed by atoms with E-state index in [1.807, 2.05) is 0 Å². The molecule has 1 N–H and O–H groups in total. The van der Waals surface area contributed by atoms with Crippen LogP contribution in [0.4, 0.5) is 5.69 Å². The summed E-state index contributed by atoms with van der Waals surface area (Å²) in [5.41, 5.74) is 0.437. The van der Waals surface area contributed by atoms with E-state index in [-0.39, 0.29) is 28.8 Å². The number of nitro groups is 1. The predicted molar refractivity (Wildman–Crippen MR) is 113 cm³/mol. The Kier molecular flexibility index (Phi) is 6.41. The van der Waals surface area contributed by atoms with Crippen LogP contribution >= 0.6 is 11.8 Å². The molecule has 2 aromatic rings. The highest BCUT2D eigenvalue weighted by atomic mass is 32.2. The van der Waals surface area contributed by atoms with Crippen molar-refractivity contribution in [3.05, 3.63) is 64.7 Å². The fourth-order valence-corrected chi connectivity index (χ4v) is 4.01. The average molecular weight is 427 g/mol. The second kappa shape index (κ2) is 9.00. The SMILES string of the molecule is C=C(C(=O)N1CCN(C(C)=O)CC1)c1ccc(Sc2ccc(O)cc2)c([N+](=O)[O-])c1. The molecule has 1 saturated heterocycles. The van der Waals surface area contributed by atoms with E-state index in [1.54, 1.807) is 34.1 Å². The van der Waals surface area contributed by atoms with Gasteiger partial charge in [-0.2, -0.15) is 0 Å². The topological polar surface area (TPSA) is 104 Å². The van der Waals surface area contributed by atoms with Gasteiger partial charge in [-0.25, -0.2) is 0 Å². The second-order valence-electron chi connectivity index (χ2n) is 6.81. The number of hydrogen-bond donors (Lipinski definition) is 1. The zero-order valence-corrected chi connectivity index (χ0v) is 17.2. The van der Waals surface area contributed by atoms with Crippen molar-refractivity contribution in [1.29, 1.82) is 0 Å². The van der Waals surface area contributed by atoms with Gasteiger partial charge in [0.15, 0.2) is 0 Å². The summed E-state index contributed by atoms with van der Waals surface area (Å²) in [5, 5.41) is 21.0. The van der Waals surface area contributed by atoms with E-state index in [0.717, 1.165) is 4.90 Å². The van der Waals surface area contributed by atoms with Crippen LogP contribution in [-0.2, 0) is 9.59 Å². The van der Waals surface area contributed by atoms with Gasteiger partial charge in [-0.05, 0) is 35.9 Å². The van der Waals surface area contributed by atoms with Crippen molar-refractivity contribution < 1.29 is 19.6 Å². The van der Waals surface area contributed by atoms with Gasteiger partial charge in [-0.15, -0.1) is 0 Å². The largest absolute Gasteiger partial charge is 0.508 e. The summed E-state index contributed by atoms with van der Waals surface area (Å²) in [6, 6.07) is 10.9. The van der Waals surface area contributed by atoms with Crippen LogP contribution in [0.2, 0.25) is 0 Å². The molecule has 1 fully saturated rings. The van der Waals surface area contributed by atoms with E-state index in [9.17, 15) is 24.8 Å². The summed E-state index contributed by atoms with van der Waals surface area (Å²) in [5.74, 6) is -0.215. The number of phenols is 1. The number of piperazine rings is 1. The molecule has 1 aliphatic rings. The lowest BCUT2D eigenvalue weighted by Crippen LogP contribution is -2.50. The summed E-state index contributed by atoms with van der Waals surface area (Å²) in [7, 11) is 0. The Morgan fingerprint density at radius 1 is 1.07 bits per heavy atom. The molecule has 1 heterocycles. The number of carbonyl (C=O) groups excluding carboxylic acids is 2. The summed E-state index contributed by atoms with van der Waals surface area (Å²) >= 11 is 1.20. The predicted octanol–water partition coefficient (Wildman–Crippen LogP) is 3.16. The third-order valence-corrected chi connectivity index (χ3v) is 5.91. The number of nitrogens with zero attached hydrogens (tertiary/aromatic N) is 3. The molecule has 9 heteroatoms. The van der Waals surface area contributed by atoms with Gasteiger partial charge in [-0.1, -0.05) is 24.4 Å². The summed E-state index contributed by atoms with van der Waals surface area (Å²) < 4.78 is 0. The van der Waals surface area contributed by atoms with Crippen molar-refractivity contribution in [2.24, 2.45) is 0 Å². The van der Waals surface area contributed by atoms with Crippen LogP contribution in [0, 0.1) is 10.1 Å². The van der Waals surface area contributed by atoms with Crippen molar-refractivity contribution in [1.82, 2.24) is 9.80 Å². The Labute approximate surface area is 177 Å². The van der Waals surface area contributed by atoms with Crippen molar-refractivity contribution in [3.63, 3.8) is 0 Å². The molecular formula is C21H21N3O5S. The maximum Gasteiger partial charge on any atom is 0.283 e. The highest BCUT2D eigenvalue weighted by Crippen LogP contribution is 2.37. The van der Waals surface area contributed by atoms with E-state index < -0.39 is 4.92 Å². The van der Waals surface area contributed by atoms with E-state index in [4.69, 9.17) is 0 Å². The van der Waals surface area contributed by atoms with E-state index in [0.29, 0.717) is 36.6 Å². The fourth-order valence-electron chi connectivity index (χ4n) is 3.11. The third-order valence-electron chi connectivity index (χ3n) is 4.84. The second-order valence-corrected chi connectivity index (χ2v) is 7.93. The summed E-state index contributed by atoms with van der Waals surface area (Å²) in [4.78, 5) is 39.8. The number of hydrogen-bond acceptors (Lipinski definition) is 6. The number of carbonyl (C=O) groups is 2. The molecule has 3 rings (SSSR count). The fraction of sp³-hybridized carbons (Fsp3) is 0.238. The normalized spacial score (nSPS) is 13.8. The Bertz CT molecular complexity index is 998. The quantitative estimate of drug-likeness (QED) is 0.447. The van der Waals surface area contributed by atoms with Crippen LogP contribution in [-0.4, -0.2) is 57.8 Å². The van der Waals surface area contributed by atoms with E-state index in [2.05, 4.69) is 6.58 Å². The van der Waals surface area contributed by atoms with Crippen LogP contribution in [0.15, 0.2) is 58.8 Å². The molecule has 0 saturated carbocycles. The van der Waals surface area contributed by atoms with Crippen LogP contribution in [0.5, 0.6) is 5.75 Å². The monoisotopic (exact) mass is 427 g/mol. The first-order valence-electron chi connectivity index (χ1n) is 9.25. The number of phenolic OH excluding ortho intramolecular Hbond substituents is 1. The molecular weight excluding hydrogens is 406 g/mol. The third kappa shape index (κ3) is 4.80. The molecule has 0 radical (unpaired) electrons. The number of rotatable bonds is 5. The molecule has 2 aromatic carbocycles. The smallest absolute Gasteiger partial charge is 0.283 e. The van der Waals surface area contributed by atoms with Crippen LogP contribution in [0.1, 0.15) is 12.5 Å². The molecule has 0 unspecified atom stereocenters. The first kappa shape index (κ1) is 21.4. The van der Waals surface area contributed by atoms with Crippen molar-refractivity contribution in [2.45, 2.75) is 16.7 Å². The van der Waals surface area contributed by atoms with E-state index in [1.165, 1.54) is 36.9 Å². The molecule has 30 heavy (non-hydrogen) atoms. The van der Waals surface area contributed by atoms with Crippen LogP contribution in [0.3, 0.4) is 0 Å². The summed E-state index contributed by atoms with van der Waals surface area (Å²) in [6.45, 7) is 7.05. The minimum atomic E-state index is -0.490. The lowest BCUT2D eigenvalue weighted by Gasteiger charge is -2.34. The highest BCUT2D eigenvalue weighted by Gasteiger charge is 2.26. The molecule has 1 aliphatic heterocycles. The first-order valence-corrected chi connectivity index (χ1v) is 10.1. The Hall–Kier alpha value is -3.33. The first-order chi connectivity index (χ1) is 14.3. The van der Waals surface area contributed by atoms with Crippen molar-refractivity contribution in [3.8, 4) is 5.75 Å². The van der Waals surface area contributed by atoms with Crippen molar-refractivity contribution >= 4 is 34.8 Å². The summed E-state index contributed by atoms with van der Waals surface area (Å²) in [6.07, 6.45) is 0. The molecule has 8 nitrogen and oxygen atoms in total. The van der Waals surface area contributed by atoms with Gasteiger partial charge in [0.2, 0.25) is 5.91 Å². The molecule has 2 amide bonds. The minimum Gasteiger partial charge on any atom is -0.508 e. The molecule has 0 atom stereocenters. The number of aromatic hydroxyl groups is 1. The standard InChI is InChI=1S/C21H21N3O5S/c1-14(21(27)23-11-9-22(10-12-23)15(2)25)16-3-8-20(19(13-16)24(28)29)30-18-6-4-17(26)5-7-18/h3-8,13,26H,1,9-12H2,2H3. The van der Waals surface area contributed by atoms with Gasteiger partial charge in [0, 0.05) is 49.6 Å².